The van der Waals surface area contributed by atoms with Crippen molar-refractivity contribution in [2.75, 3.05) is 14.2 Å². The standard InChI is InChI=1S/C20H24N2O4/c1-14(22-20(24)15-8-5-4-6-9-15)12-18(23)21-13-16-10-7-11-17(25-2)19(16)26-3/h4-11,14H,12-13H2,1-3H3,(H,21,23)(H,22,24). The third kappa shape index (κ3) is 5.24. The molecular weight excluding hydrogens is 332 g/mol. The van der Waals surface area contributed by atoms with Crippen LogP contribution < -0.4 is 20.1 Å². The van der Waals surface area contributed by atoms with Crippen molar-refractivity contribution in [2.24, 2.45) is 0 Å². The van der Waals surface area contributed by atoms with Crippen molar-refractivity contribution in [1.82, 2.24) is 10.6 Å². The van der Waals surface area contributed by atoms with Crippen LogP contribution in [0, 0.1) is 0 Å². The molecule has 2 amide bonds. The van der Waals surface area contributed by atoms with Gasteiger partial charge in [-0.05, 0) is 25.1 Å². The van der Waals surface area contributed by atoms with E-state index in [0.29, 0.717) is 23.6 Å². The number of para-hydroxylation sites is 1. The number of methoxy groups -OCH3 is 2. The van der Waals surface area contributed by atoms with E-state index in [1.54, 1.807) is 51.5 Å². The number of carbonyl (C=O) groups excluding carboxylic acids is 2. The smallest absolute Gasteiger partial charge is 0.251 e. The average Bonchev–Trinajstić information content (AvgIpc) is 2.66. The predicted molar refractivity (Wildman–Crippen MR) is 99.4 cm³/mol. The molecule has 0 aliphatic rings. The fourth-order valence-corrected chi connectivity index (χ4v) is 2.58. The Bertz CT molecular complexity index is 747. The molecule has 0 bridgehead atoms. The molecule has 1 unspecified atom stereocenters. The first-order valence-corrected chi connectivity index (χ1v) is 8.37. The van der Waals surface area contributed by atoms with Gasteiger partial charge >= 0.3 is 0 Å². The van der Waals surface area contributed by atoms with E-state index in [1.165, 1.54) is 0 Å². The molecule has 6 nitrogen and oxygen atoms in total. The van der Waals surface area contributed by atoms with Gasteiger partial charge in [-0.3, -0.25) is 9.59 Å². The first kappa shape index (κ1) is 19.3. The monoisotopic (exact) mass is 356 g/mol. The van der Waals surface area contributed by atoms with Gasteiger partial charge in [0.2, 0.25) is 5.91 Å². The van der Waals surface area contributed by atoms with E-state index in [1.807, 2.05) is 18.2 Å². The van der Waals surface area contributed by atoms with E-state index in [0.717, 1.165) is 5.56 Å². The molecule has 0 saturated carbocycles. The van der Waals surface area contributed by atoms with Gasteiger partial charge in [-0.15, -0.1) is 0 Å². The van der Waals surface area contributed by atoms with Gasteiger partial charge in [0, 0.05) is 30.1 Å². The molecule has 6 heteroatoms. The van der Waals surface area contributed by atoms with E-state index in [-0.39, 0.29) is 24.3 Å². The molecule has 0 aliphatic heterocycles. The van der Waals surface area contributed by atoms with Crippen molar-refractivity contribution in [3.63, 3.8) is 0 Å². The number of hydrogen-bond acceptors (Lipinski definition) is 4. The lowest BCUT2D eigenvalue weighted by Gasteiger charge is -2.15. The van der Waals surface area contributed by atoms with E-state index in [9.17, 15) is 9.59 Å². The number of amides is 2. The minimum atomic E-state index is -0.282. The van der Waals surface area contributed by atoms with Crippen LogP contribution in [0.4, 0.5) is 0 Å². The predicted octanol–water partition coefficient (Wildman–Crippen LogP) is 2.53. The summed E-state index contributed by atoms with van der Waals surface area (Å²) in [6, 6.07) is 14.1. The molecule has 2 aromatic rings. The summed E-state index contributed by atoms with van der Waals surface area (Å²) in [6.07, 6.45) is 0.185. The number of hydrogen-bond donors (Lipinski definition) is 2. The van der Waals surface area contributed by atoms with Crippen LogP contribution in [-0.4, -0.2) is 32.1 Å². The number of carbonyl (C=O) groups is 2. The highest BCUT2D eigenvalue weighted by atomic mass is 16.5. The molecule has 2 aromatic carbocycles. The number of nitrogens with one attached hydrogen (secondary N) is 2. The lowest BCUT2D eigenvalue weighted by molar-refractivity contribution is -0.121. The molecule has 2 N–H and O–H groups in total. The third-order valence-corrected chi connectivity index (χ3v) is 3.87. The fraction of sp³-hybridized carbons (Fsp3) is 0.300. The molecule has 2 rings (SSSR count). The van der Waals surface area contributed by atoms with Gasteiger partial charge in [-0.25, -0.2) is 0 Å². The molecule has 0 spiro atoms. The van der Waals surface area contributed by atoms with E-state index in [4.69, 9.17) is 9.47 Å². The van der Waals surface area contributed by atoms with Crippen LogP contribution in [0.5, 0.6) is 11.5 Å². The Morgan fingerprint density at radius 1 is 1.00 bits per heavy atom. The summed E-state index contributed by atoms with van der Waals surface area (Å²) in [7, 11) is 3.13. The van der Waals surface area contributed by atoms with Crippen LogP contribution in [-0.2, 0) is 11.3 Å². The normalized spacial score (nSPS) is 11.3. The van der Waals surface area contributed by atoms with Gasteiger partial charge in [0.25, 0.3) is 5.91 Å². The SMILES string of the molecule is COc1cccc(CNC(=O)CC(C)NC(=O)c2ccccc2)c1OC. The largest absolute Gasteiger partial charge is 0.493 e. The van der Waals surface area contributed by atoms with E-state index >= 15 is 0 Å². The Hall–Kier alpha value is -3.02. The van der Waals surface area contributed by atoms with Crippen molar-refractivity contribution in [3.05, 3.63) is 59.7 Å². The van der Waals surface area contributed by atoms with E-state index in [2.05, 4.69) is 10.6 Å². The minimum Gasteiger partial charge on any atom is -0.493 e. The third-order valence-electron chi connectivity index (χ3n) is 3.87. The molecule has 0 radical (unpaired) electrons. The van der Waals surface area contributed by atoms with Crippen LogP contribution in [0.1, 0.15) is 29.3 Å². The fourth-order valence-electron chi connectivity index (χ4n) is 2.58. The van der Waals surface area contributed by atoms with Gasteiger partial charge < -0.3 is 20.1 Å². The van der Waals surface area contributed by atoms with Crippen LogP contribution in [0.2, 0.25) is 0 Å². The molecule has 0 fully saturated rings. The average molecular weight is 356 g/mol. The zero-order valence-electron chi connectivity index (χ0n) is 15.2. The van der Waals surface area contributed by atoms with Gasteiger partial charge in [0.1, 0.15) is 0 Å². The number of rotatable bonds is 8. The maximum absolute atomic E-state index is 12.2. The van der Waals surface area contributed by atoms with Crippen molar-refractivity contribution in [3.8, 4) is 11.5 Å². The van der Waals surface area contributed by atoms with Crippen LogP contribution in [0.15, 0.2) is 48.5 Å². The summed E-state index contributed by atoms with van der Waals surface area (Å²) in [5.41, 5.74) is 1.39. The summed E-state index contributed by atoms with van der Waals surface area (Å²) in [5, 5.41) is 5.66. The lowest BCUT2D eigenvalue weighted by Crippen LogP contribution is -2.37. The molecule has 1 atom stereocenters. The summed E-state index contributed by atoms with van der Waals surface area (Å²) in [6.45, 7) is 2.12. The van der Waals surface area contributed by atoms with Gasteiger partial charge in [0.05, 0.1) is 14.2 Å². The van der Waals surface area contributed by atoms with Crippen LogP contribution in [0.3, 0.4) is 0 Å². The molecule has 26 heavy (non-hydrogen) atoms. The van der Waals surface area contributed by atoms with Crippen molar-refractivity contribution in [2.45, 2.75) is 25.9 Å². The highest BCUT2D eigenvalue weighted by molar-refractivity contribution is 5.94. The second-order valence-corrected chi connectivity index (χ2v) is 5.87. The summed E-state index contributed by atoms with van der Waals surface area (Å²) >= 11 is 0. The Labute approximate surface area is 153 Å². The van der Waals surface area contributed by atoms with E-state index < -0.39 is 0 Å². The van der Waals surface area contributed by atoms with Crippen LogP contribution in [0.25, 0.3) is 0 Å². The van der Waals surface area contributed by atoms with Crippen molar-refractivity contribution in [1.29, 1.82) is 0 Å². The maximum Gasteiger partial charge on any atom is 0.251 e. The summed E-state index contributed by atoms with van der Waals surface area (Å²) in [5.74, 6) is 0.861. The Morgan fingerprint density at radius 2 is 1.73 bits per heavy atom. The Kier molecular flexibility index (Phi) is 7.02. The number of benzene rings is 2. The summed E-state index contributed by atoms with van der Waals surface area (Å²) < 4.78 is 10.6. The Balaban J connectivity index is 1.86. The van der Waals surface area contributed by atoms with Crippen LogP contribution >= 0.6 is 0 Å². The molecule has 0 saturated heterocycles. The first-order chi connectivity index (χ1) is 12.5. The maximum atomic E-state index is 12.2. The second kappa shape index (κ2) is 9.46. The lowest BCUT2D eigenvalue weighted by atomic mass is 10.1. The topological polar surface area (TPSA) is 76.7 Å². The molecule has 0 aromatic heterocycles. The molecular formula is C20H24N2O4. The summed E-state index contributed by atoms with van der Waals surface area (Å²) in [4.78, 5) is 24.3. The zero-order valence-corrected chi connectivity index (χ0v) is 15.2. The number of ether oxygens (including phenoxy) is 2. The minimum absolute atomic E-state index is 0.157. The van der Waals surface area contributed by atoms with Gasteiger partial charge in [0.15, 0.2) is 11.5 Å². The molecule has 0 heterocycles. The van der Waals surface area contributed by atoms with Gasteiger partial charge in [-0.2, -0.15) is 0 Å². The highest BCUT2D eigenvalue weighted by Crippen LogP contribution is 2.30. The van der Waals surface area contributed by atoms with Crippen molar-refractivity contribution >= 4 is 11.8 Å². The highest BCUT2D eigenvalue weighted by Gasteiger charge is 2.14. The van der Waals surface area contributed by atoms with Crippen molar-refractivity contribution < 1.29 is 19.1 Å². The Morgan fingerprint density at radius 3 is 2.38 bits per heavy atom. The quantitative estimate of drug-likeness (QED) is 0.762. The van der Waals surface area contributed by atoms with Gasteiger partial charge in [-0.1, -0.05) is 30.3 Å². The second-order valence-electron chi connectivity index (χ2n) is 5.87. The molecule has 138 valence electrons. The first-order valence-electron chi connectivity index (χ1n) is 8.37. The molecule has 0 aliphatic carbocycles. The zero-order chi connectivity index (χ0) is 18.9.